The highest BCUT2D eigenvalue weighted by Crippen LogP contribution is 2.57. The highest BCUT2D eigenvalue weighted by atomic mass is 16.2. The van der Waals surface area contributed by atoms with Crippen LogP contribution in [0.2, 0.25) is 0 Å². The lowest BCUT2D eigenvalue weighted by Gasteiger charge is -2.40. The molecule has 0 spiro atoms. The minimum Gasteiger partial charge on any atom is -0.307 e. The number of benzene rings is 7. The van der Waals surface area contributed by atoms with Gasteiger partial charge in [-0.2, -0.15) is 4.52 Å². The van der Waals surface area contributed by atoms with Gasteiger partial charge in [-0.1, -0.05) is 140 Å². The Bertz CT molecular complexity index is 3300. The zero-order chi connectivity index (χ0) is 32.9. The summed E-state index contributed by atoms with van der Waals surface area (Å²) in [4.78, 5) is 29.9. The molecule has 0 bridgehead atoms. The summed E-state index contributed by atoms with van der Waals surface area (Å²) in [5.74, 6) is 0. The number of rotatable bonds is 3. The number of nitrogens with zero attached hydrogens (tertiary/aromatic N) is 3. The fraction of sp³-hybridized carbons (Fsp3) is 0.0222. The molecule has 1 aliphatic rings. The van der Waals surface area contributed by atoms with E-state index in [1.807, 2.05) is 65.2 Å². The van der Waals surface area contributed by atoms with Crippen molar-refractivity contribution in [3.63, 3.8) is 0 Å². The molecule has 1 aliphatic heterocycles. The zero-order valence-corrected chi connectivity index (χ0v) is 26.6. The van der Waals surface area contributed by atoms with Crippen molar-refractivity contribution >= 4 is 59.9 Å². The Balaban J connectivity index is 1.41. The first-order chi connectivity index (χ1) is 24.7. The molecule has 4 aromatic heterocycles. The summed E-state index contributed by atoms with van der Waals surface area (Å²) < 4.78 is 5.66. The number of aromatic nitrogens is 3. The Labute approximate surface area is 283 Å². The van der Waals surface area contributed by atoms with E-state index in [2.05, 4.69) is 95.4 Å². The molecule has 0 aliphatic carbocycles. The van der Waals surface area contributed by atoms with Gasteiger partial charge < -0.3 is 4.40 Å². The van der Waals surface area contributed by atoms with Crippen LogP contribution in [0, 0.1) is 0 Å². The maximum atomic E-state index is 15.3. The smallest absolute Gasteiger partial charge is 0.283 e. The quantitative estimate of drug-likeness (QED) is 0.194. The van der Waals surface area contributed by atoms with E-state index in [0.29, 0.717) is 10.8 Å². The number of hydrogen-bond donors (Lipinski definition) is 0. The highest BCUT2D eigenvalue weighted by molar-refractivity contribution is 6.27. The third kappa shape index (κ3) is 2.78. The van der Waals surface area contributed by atoms with Crippen LogP contribution in [0.5, 0.6) is 0 Å². The summed E-state index contributed by atoms with van der Waals surface area (Å²) >= 11 is 0. The molecular formula is C45H25N3O2. The van der Waals surface area contributed by atoms with Gasteiger partial charge in [-0.15, -0.1) is 0 Å². The van der Waals surface area contributed by atoms with E-state index in [0.717, 1.165) is 71.7 Å². The molecule has 12 rings (SSSR count). The SMILES string of the molecule is O=c1c2c(-c3ccccc3)cccc2n2c3cc4c5cccc6c7cccc8c7n(c4c(c3c(=O)n12)C8(c1ccccc1)c1ccccc1)c65. The molecule has 0 fully saturated rings. The van der Waals surface area contributed by atoms with Crippen LogP contribution in [0.25, 0.3) is 71.0 Å². The average Bonchev–Trinajstić information content (AvgIpc) is 3.88. The number of hydrogen-bond acceptors (Lipinski definition) is 2. The van der Waals surface area contributed by atoms with E-state index in [1.54, 1.807) is 0 Å². The molecule has 0 N–H and O–H groups in total. The minimum absolute atomic E-state index is 0.302. The number of fused-ring (bicyclic) bond motifs is 8. The summed E-state index contributed by atoms with van der Waals surface area (Å²) in [6, 6.07) is 52.3. The van der Waals surface area contributed by atoms with Gasteiger partial charge in [0.15, 0.2) is 0 Å². The Kier molecular flexibility index (Phi) is 4.64. The fourth-order valence-electron chi connectivity index (χ4n) is 9.61. The van der Waals surface area contributed by atoms with E-state index < -0.39 is 5.41 Å². The molecule has 0 amide bonds. The Morgan fingerprint density at radius 1 is 0.440 bits per heavy atom. The molecule has 232 valence electrons. The predicted octanol–water partition coefficient (Wildman–Crippen LogP) is 9.02. The van der Waals surface area contributed by atoms with E-state index in [1.165, 1.54) is 15.3 Å². The standard InChI is InChI=1S/C45H25N3O2/c49-43-37-29(26-13-4-1-5-14-26)19-12-24-35(37)47-36-25-33-32-21-10-20-30-31-22-11-23-34-41(31)46(40(30)32)42(33)39(38(36)44(50)48(43)47)45(34,27-15-6-2-7-16-27)28-17-8-3-9-18-28/h1-25H. The van der Waals surface area contributed by atoms with Crippen LogP contribution in [-0.4, -0.2) is 13.4 Å². The van der Waals surface area contributed by atoms with Crippen LogP contribution >= 0.6 is 0 Å². The van der Waals surface area contributed by atoms with Gasteiger partial charge in [0.05, 0.1) is 43.8 Å². The third-order valence-electron chi connectivity index (χ3n) is 11.4. The van der Waals surface area contributed by atoms with Crippen molar-refractivity contribution in [2.45, 2.75) is 5.41 Å². The zero-order valence-electron chi connectivity index (χ0n) is 26.6. The lowest BCUT2D eigenvalue weighted by Crippen LogP contribution is -2.35. The molecule has 0 saturated carbocycles. The molecule has 0 saturated heterocycles. The lowest BCUT2D eigenvalue weighted by molar-refractivity contribution is 0.752. The molecule has 5 heteroatoms. The second-order valence-electron chi connectivity index (χ2n) is 13.6. The van der Waals surface area contributed by atoms with Crippen LogP contribution < -0.4 is 11.1 Å². The van der Waals surface area contributed by atoms with Crippen molar-refractivity contribution < 1.29 is 0 Å². The van der Waals surface area contributed by atoms with Gasteiger partial charge in [0.1, 0.15) is 0 Å². The molecule has 5 nitrogen and oxygen atoms in total. The molecule has 0 unspecified atom stereocenters. The fourth-order valence-corrected chi connectivity index (χ4v) is 9.61. The predicted molar refractivity (Wildman–Crippen MR) is 202 cm³/mol. The molecule has 0 radical (unpaired) electrons. The largest absolute Gasteiger partial charge is 0.307 e. The van der Waals surface area contributed by atoms with E-state index in [9.17, 15) is 4.79 Å². The van der Waals surface area contributed by atoms with Gasteiger partial charge in [0, 0.05) is 27.1 Å². The molecule has 11 aromatic rings. The molecular weight excluding hydrogens is 615 g/mol. The van der Waals surface area contributed by atoms with Crippen molar-refractivity contribution in [2.24, 2.45) is 0 Å². The Hall–Kier alpha value is -6.72. The van der Waals surface area contributed by atoms with Crippen LogP contribution in [0.15, 0.2) is 161 Å². The minimum atomic E-state index is -0.854. The highest BCUT2D eigenvalue weighted by Gasteiger charge is 2.47. The second kappa shape index (κ2) is 8.84. The molecule has 50 heavy (non-hydrogen) atoms. The molecule has 5 heterocycles. The monoisotopic (exact) mass is 639 g/mol. The second-order valence-corrected chi connectivity index (χ2v) is 13.6. The van der Waals surface area contributed by atoms with Gasteiger partial charge in [-0.3, -0.25) is 9.59 Å². The summed E-state index contributed by atoms with van der Waals surface area (Å²) in [6.07, 6.45) is 0. The normalized spacial score (nSPS) is 13.9. The first kappa shape index (κ1) is 26.3. The first-order valence-electron chi connectivity index (χ1n) is 17.0. The third-order valence-corrected chi connectivity index (χ3v) is 11.4. The van der Waals surface area contributed by atoms with Gasteiger partial charge in [0.25, 0.3) is 11.1 Å². The van der Waals surface area contributed by atoms with Gasteiger partial charge in [-0.25, -0.2) is 4.52 Å². The van der Waals surface area contributed by atoms with E-state index >= 15 is 4.79 Å². The maximum Gasteiger partial charge on any atom is 0.283 e. The van der Waals surface area contributed by atoms with Crippen LogP contribution in [0.1, 0.15) is 22.3 Å². The van der Waals surface area contributed by atoms with Gasteiger partial charge in [-0.05, 0) is 39.9 Å². The topological polar surface area (TPSA) is 47.4 Å². The molecule has 0 atom stereocenters. The summed E-state index contributed by atoms with van der Waals surface area (Å²) in [5, 5.41) is 5.71. The van der Waals surface area contributed by atoms with Crippen LogP contribution in [0.3, 0.4) is 0 Å². The van der Waals surface area contributed by atoms with Gasteiger partial charge in [0.2, 0.25) is 0 Å². The van der Waals surface area contributed by atoms with Crippen molar-refractivity contribution in [3.8, 4) is 11.1 Å². The maximum absolute atomic E-state index is 15.3. The number of para-hydroxylation sites is 2. The van der Waals surface area contributed by atoms with Crippen molar-refractivity contribution in [1.29, 1.82) is 0 Å². The summed E-state index contributed by atoms with van der Waals surface area (Å²) in [7, 11) is 0. The molecule has 7 aromatic carbocycles. The summed E-state index contributed by atoms with van der Waals surface area (Å²) in [6.45, 7) is 0. The van der Waals surface area contributed by atoms with Crippen LogP contribution in [-0.2, 0) is 5.41 Å². The van der Waals surface area contributed by atoms with Crippen molar-refractivity contribution in [3.05, 3.63) is 195 Å². The van der Waals surface area contributed by atoms with Crippen molar-refractivity contribution in [2.75, 3.05) is 0 Å². The van der Waals surface area contributed by atoms with E-state index in [4.69, 9.17) is 0 Å². The van der Waals surface area contributed by atoms with Gasteiger partial charge >= 0.3 is 0 Å². The van der Waals surface area contributed by atoms with E-state index in [-0.39, 0.29) is 11.1 Å². The summed E-state index contributed by atoms with van der Waals surface area (Å²) in [5.41, 5.74) is 9.29. The Morgan fingerprint density at radius 2 is 1.02 bits per heavy atom. The average molecular weight is 640 g/mol. The van der Waals surface area contributed by atoms with Crippen LogP contribution in [0.4, 0.5) is 0 Å². The van der Waals surface area contributed by atoms with Crippen molar-refractivity contribution in [1.82, 2.24) is 13.4 Å². The first-order valence-corrected chi connectivity index (χ1v) is 17.0. The lowest BCUT2D eigenvalue weighted by atomic mass is 9.62. The Morgan fingerprint density at radius 3 is 1.72 bits per heavy atom.